The highest BCUT2D eigenvalue weighted by Crippen LogP contribution is 2.33. The van der Waals surface area contributed by atoms with Crippen LogP contribution in [0.2, 0.25) is 5.02 Å². The molecule has 3 N–H and O–H groups in total. The van der Waals surface area contributed by atoms with Gasteiger partial charge >= 0.3 is 12.1 Å². The van der Waals surface area contributed by atoms with E-state index in [4.69, 9.17) is 11.6 Å². The van der Waals surface area contributed by atoms with Crippen molar-refractivity contribution in [1.82, 2.24) is 20.9 Å². The Labute approximate surface area is 137 Å². The number of nitrogens with one attached hydrogen (secondary N) is 3. The lowest BCUT2D eigenvalue weighted by molar-refractivity contribution is -0.134. The molecule has 0 spiro atoms. The minimum Gasteiger partial charge on any atom is -0.341 e. The number of hydrogen-bond donors (Lipinski definition) is 3. The van der Waals surface area contributed by atoms with Crippen LogP contribution in [-0.4, -0.2) is 42.4 Å². The van der Waals surface area contributed by atoms with Crippen LogP contribution in [0.5, 0.6) is 0 Å². The molecular formula is C14H15ClN4O4. The number of carbonyl (C=O) groups excluding carboxylic acids is 4. The van der Waals surface area contributed by atoms with Gasteiger partial charge in [-0.15, -0.1) is 0 Å². The van der Waals surface area contributed by atoms with Crippen molar-refractivity contribution in [3.05, 3.63) is 34.9 Å². The van der Waals surface area contributed by atoms with Crippen LogP contribution in [-0.2, 0) is 15.1 Å². The van der Waals surface area contributed by atoms with Crippen molar-refractivity contribution in [3.8, 4) is 0 Å². The summed E-state index contributed by atoms with van der Waals surface area (Å²) in [5, 5.41) is 7.04. The summed E-state index contributed by atoms with van der Waals surface area (Å²) < 4.78 is 0. The number of halogens is 1. The first-order valence-electron chi connectivity index (χ1n) is 6.70. The summed E-state index contributed by atoms with van der Waals surface area (Å²) >= 11 is 6.09. The molecule has 9 heteroatoms. The Kier molecular flexibility index (Phi) is 4.55. The summed E-state index contributed by atoms with van der Waals surface area (Å²) in [6, 6.07) is 5.15. The summed E-state index contributed by atoms with van der Waals surface area (Å²) in [5.74, 6) is -1.40. The first-order valence-corrected chi connectivity index (χ1v) is 7.08. The molecule has 0 aliphatic carbocycles. The minimum atomic E-state index is -1.37. The summed E-state index contributed by atoms with van der Waals surface area (Å²) in [4.78, 5) is 48.2. The van der Waals surface area contributed by atoms with Gasteiger partial charge in [-0.05, 0) is 13.0 Å². The molecule has 23 heavy (non-hydrogen) atoms. The third-order valence-corrected chi connectivity index (χ3v) is 3.80. The number of amides is 6. The van der Waals surface area contributed by atoms with Gasteiger partial charge in [0.05, 0.1) is 0 Å². The van der Waals surface area contributed by atoms with E-state index >= 15 is 0 Å². The maximum atomic E-state index is 12.6. The van der Waals surface area contributed by atoms with Crippen LogP contribution in [0.25, 0.3) is 0 Å². The van der Waals surface area contributed by atoms with Gasteiger partial charge in [0, 0.05) is 17.6 Å². The number of nitrogens with zero attached hydrogens (tertiary/aromatic N) is 1. The largest absolute Gasteiger partial charge is 0.341 e. The maximum Gasteiger partial charge on any atom is 0.325 e. The van der Waals surface area contributed by atoms with Crippen LogP contribution >= 0.6 is 11.6 Å². The van der Waals surface area contributed by atoms with E-state index < -0.39 is 36.0 Å². The highest BCUT2D eigenvalue weighted by Gasteiger charge is 2.50. The summed E-state index contributed by atoms with van der Waals surface area (Å²) in [5.41, 5.74) is -0.947. The van der Waals surface area contributed by atoms with E-state index in [0.29, 0.717) is 10.6 Å². The Bertz CT molecular complexity index is 693. The smallest absolute Gasteiger partial charge is 0.325 e. The molecule has 1 fully saturated rings. The van der Waals surface area contributed by atoms with Crippen molar-refractivity contribution in [2.45, 2.75) is 12.5 Å². The molecule has 1 aromatic carbocycles. The zero-order valence-corrected chi connectivity index (χ0v) is 13.2. The zero-order chi connectivity index (χ0) is 17.2. The molecule has 0 bridgehead atoms. The average Bonchev–Trinajstić information content (AvgIpc) is 2.71. The van der Waals surface area contributed by atoms with Crippen LogP contribution in [0.3, 0.4) is 0 Å². The molecule has 1 saturated heterocycles. The Morgan fingerprint density at radius 1 is 1.30 bits per heavy atom. The molecule has 1 aliphatic heterocycles. The van der Waals surface area contributed by atoms with E-state index in [0.717, 1.165) is 4.90 Å². The maximum absolute atomic E-state index is 12.6. The van der Waals surface area contributed by atoms with E-state index in [1.165, 1.54) is 14.0 Å². The standard InChI is InChI=1S/C14H15ClN4O4/c1-14(8-5-3-4-6-9(8)15)11(21)19(13(23)18-14)7-10(20)17-12(22)16-2/h3-6H,7H2,1-2H3,(H,18,23)(H2,16,17,20,22)/t14-/m1/s1. The molecule has 0 aromatic heterocycles. The van der Waals surface area contributed by atoms with Crippen molar-refractivity contribution in [2.75, 3.05) is 13.6 Å². The normalized spacial score (nSPS) is 20.2. The molecule has 1 aliphatic rings. The van der Waals surface area contributed by atoms with E-state index in [2.05, 4.69) is 10.6 Å². The van der Waals surface area contributed by atoms with Gasteiger partial charge in [-0.2, -0.15) is 0 Å². The summed E-state index contributed by atoms with van der Waals surface area (Å²) in [6.07, 6.45) is 0. The highest BCUT2D eigenvalue weighted by molar-refractivity contribution is 6.32. The van der Waals surface area contributed by atoms with Crippen molar-refractivity contribution in [2.24, 2.45) is 0 Å². The summed E-state index contributed by atoms with van der Waals surface area (Å²) in [6.45, 7) is 0.934. The van der Waals surface area contributed by atoms with Crippen molar-refractivity contribution in [1.29, 1.82) is 0 Å². The molecule has 2 rings (SSSR count). The van der Waals surface area contributed by atoms with Crippen LogP contribution < -0.4 is 16.0 Å². The SMILES string of the molecule is CNC(=O)NC(=O)CN1C(=O)N[C@](C)(c2ccccc2Cl)C1=O. The fourth-order valence-electron chi connectivity index (χ4n) is 2.26. The lowest BCUT2D eigenvalue weighted by atomic mass is 9.92. The molecule has 1 aromatic rings. The first kappa shape index (κ1) is 16.8. The van der Waals surface area contributed by atoms with E-state index in [1.54, 1.807) is 24.3 Å². The quantitative estimate of drug-likeness (QED) is 0.700. The second-order valence-corrected chi connectivity index (χ2v) is 5.46. The molecule has 0 radical (unpaired) electrons. The number of hydrogen-bond acceptors (Lipinski definition) is 4. The van der Waals surface area contributed by atoms with Gasteiger partial charge in [-0.25, -0.2) is 9.59 Å². The molecule has 1 heterocycles. The Morgan fingerprint density at radius 3 is 2.57 bits per heavy atom. The molecule has 6 amide bonds. The molecule has 8 nitrogen and oxygen atoms in total. The molecule has 0 unspecified atom stereocenters. The van der Waals surface area contributed by atoms with Gasteiger partial charge in [-0.3, -0.25) is 19.8 Å². The topological polar surface area (TPSA) is 108 Å². The fourth-order valence-corrected chi connectivity index (χ4v) is 2.59. The van der Waals surface area contributed by atoms with Crippen molar-refractivity contribution in [3.63, 3.8) is 0 Å². The predicted molar refractivity (Wildman–Crippen MR) is 81.6 cm³/mol. The van der Waals surface area contributed by atoms with E-state index in [1.807, 2.05) is 5.32 Å². The number of imide groups is 2. The lowest BCUT2D eigenvalue weighted by Crippen LogP contribution is -2.46. The number of rotatable bonds is 3. The van der Waals surface area contributed by atoms with Gasteiger partial charge in [0.15, 0.2) is 0 Å². The Morgan fingerprint density at radius 2 is 1.96 bits per heavy atom. The van der Waals surface area contributed by atoms with Gasteiger partial charge in [0.25, 0.3) is 5.91 Å². The van der Waals surface area contributed by atoms with E-state index in [9.17, 15) is 19.2 Å². The highest BCUT2D eigenvalue weighted by atomic mass is 35.5. The van der Waals surface area contributed by atoms with Gasteiger partial charge in [-0.1, -0.05) is 29.8 Å². The van der Waals surface area contributed by atoms with Gasteiger partial charge < -0.3 is 10.6 Å². The van der Waals surface area contributed by atoms with Gasteiger partial charge in [0.1, 0.15) is 12.1 Å². The Hall–Kier alpha value is -2.61. The third-order valence-electron chi connectivity index (χ3n) is 3.47. The Balaban J connectivity index is 2.22. The average molecular weight is 339 g/mol. The van der Waals surface area contributed by atoms with Crippen LogP contribution in [0.4, 0.5) is 9.59 Å². The van der Waals surface area contributed by atoms with Gasteiger partial charge in [0.2, 0.25) is 5.91 Å². The third kappa shape index (κ3) is 3.11. The van der Waals surface area contributed by atoms with E-state index in [-0.39, 0.29) is 0 Å². The number of urea groups is 2. The predicted octanol–water partition coefficient (Wildman–Crippen LogP) is 0.563. The number of benzene rings is 1. The monoisotopic (exact) mass is 338 g/mol. The van der Waals surface area contributed by atoms with Crippen LogP contribution in [0.15, 0.2) is 24.3 Å². The lowest BCUT2D eigenvalue weighted by Gasteiger charge is -2.23. The first-order chi connectivity index (χ1) is 10.8. The molecule has 0 saturated carbocycles. The summed E-state index contributed by atoms with van der Waals surface area (Å²) in [7, 11) is 1.34. The zero-order valence-electron chi connectivity index (χ0n) is 12.5. The van der Waals surface area contributed by atoms with Crippen molar-refractivity contribution >= 4 is 35.5 Å². The minimum absolute atomic E-state index is 0.320. The van der Waals surface area contributed by atoms with Crippen LogP contribution in [0.1, 0.15) is 12.5 Å². The second-order valence-electron chi connectivity index (χ2n) is 5.05. The second kappa shape index (κ2) is 6.25. The van der Waals surface area contributed by atoms with Crippen molar-refractivity contribution < 1.29 is 19.2 Å². The van der Waals surface area contributed by atoms with Crippen LogP contribution in [0, 0.1) is 0 Å². The number of carbonyl (C=O) groups is 4. The molecular weight excluding hydrogens is 324 g/mol. The molecule has 122 valence electrons. The fraction of sp³-hybridized carbons (Fsp3) is 0.286. The molecule has 1 atom stereocenters.